The van der Waals surface area contributed by atoms with Crippen molar-refractivity contribution in [3.63, 3.8) is 0 Å². The lowest BCUT2D eigenvalue weighted by atomic mass is 9.92. The van der Waals surface area contributed by atoms with Gasteiger partial charge in [-0.05, 0) is 64.4 Å². The molecule has 0 bridgehead atoms. The van der Waals surface area contributed by atoms with Crippen molar-refractivity contribution in [1.82, 2.24) is 15.1 Å². The van der Waals surface area contributed by atoms with E-state index in [9.17, 15) is 9.59 Å². The maximum Gasteiger partial charge on any atom is 0.277 e. The predicted molar refractivity (Wildman–Crippen MR) is 119 cm³/mol. The number of halogens is 1. The molecule has 1 atom stereocenters. The van der Waals surface area contributed by atoms with Crippen molar-refractivity contribution < 1.29 is 14.0 Å². The number of benzene rings is 1. The van der Waals surface area contributed by atoms with E-state index in [1.807, 2.05) is 33.8 Å². The van der Waals surface area contributed by atoms with Crippen molar-refractivity contribution in [3.05, 3.63) is 58.9 Å². The van der Waals surface area contributed by atoms with Crippen molar-refractivity contribution in [2.45, 2.75) is 52.2 Å². The monoisotopic (exact) mass is 440 g/mol. The number of aromatic nitrogens is 2. The maximum atomic E-state index is 13.7. The summed E-state index contributed by atoms with van der Waals surface area (Å²) in [4.78, 5) is 28.7. The maximum absolute atomic E-state index is 13.7. The number of carbonyl (C=O) groups is 2. The Morgan fingerprint density at radius 1 is 1.26 bits per heavy atom. The lowest BCUT2D eigenvalue weighted by molar-refractivity contribution is -0.128. The molecule has 162 valence electrons. The standard InChI is InChI=1S/C23H25ClN4O3/c1-14-8-9-15(11-16(14)24)28-20(29)18-12-17(19-7-6-10-31-19)26-27(18)13-23(28,5)21(30)25-22(2,3)4/h6-12H,13H2,1-5H3,(H,25,30). The molecule has 0 aliphatic carbocycles. The van der Waals surface area contributed by atoms with Gasteiger partial charge in [-0.25, -0.2) is 0 Å². The van der Waals surface area contributed by atoms with Gasteiger partial charge in [0.1, 0.15) is 16.9 Å². The Kier molecular flexibility index (Phi) is 4.97. The number of fused-ring (bicyclic) bond motifs is 1. The molecule has 0 spiro atoms. The Labute approximate surface area is 186 Å². The van der Waals surface area contributed by atoms with Gasteiger partial charge in [-0.3, -0.25) is 19.2 Å². The third-order valence-electron chi connectivity index (χ3n) is 5.32. The second-order valence-electron chi connectivity index (χ2n) is 9.10. The van der Waals surface area contributed by atoms with E-state index >= 15 is 0 Å². The van der Waals surface area contributed by atoms with E-state index < -0.39 is 11.1 Å². The molecule has 0 saturated heterocycles. The minimum Gasteiger partial charge on any atom is -0.463 e. The summed E-state index contributed by atoms with van der Waals surface area (Å²) in [5, 5.41) is 8.09. The molecule has 2 amide bonds. The number of nitrogens with one attached hydrogen (secondary N) is 1. The molecule has 1 unspecified atom stereocenters. The van der Waals surface area contributed by atoms with Crippen LogP contribution in [0.4, 0.5) is 5.69 Å². The van der Waals surface area contributed by atoms with E-state index in [1.165, 1.54) is 4.90 Å². The molecule has 31 heavy (non-hydrogen) atoms. The lowest BCUT2D eigenvalue weighted by Crippen LogP contribution is -2.66. The van der Waals surface area contributed by atoms with Gasteiger partial charge in [0.05, 0.1) is 12.8 Å². The van der Waals surface area contributed by atoms with Crippen LogP contribution in [0.25, 0.3) is 11.5 Å². The van der Waals surface area contributed by atoms with Crippen LogP contribution in [0.15, 0.2) is 47.1 Å². The van der Waals surface area contributed by atoms with Crippen LogP contribution in [0.2, 0.25) is 5.02 Å². The van der Waals surface area contributed by atoms with Gasteiger partial charge in [-0.15, -0.1) is 0 Å². The van der Waals surface area contributed by atoms with Crippen molar-refractivity contribution in [2.75, 3.05) is 4.90 Å². The Morgan fingerprint density at radius 3 is 2.61 bits per heavy atom. The quantitative estimate of drug-likeness (QED) is 0.652. The van der Waals surface area contributed by atoms with Crippen LogP contribution < -0.4 is 10.2 Å². The smallest absolute Gasteiger partial charge is 0.277 e. The molecule has 3 heterocycles. The molecule has 1 aromatic carbocycles. The fourth-order valence-electron chi connectivity index (χ4n) is 3.73. The van der Waals surface area contributed by atoms with Crippen LogP contribution in [-0.4, -0.2) is 32.7 Å². The number of amides is 2. The van der Waals surface area contributed by atoms with Gasteiger partial charge in [0.15, 0.2) is 5.76 Å². The number of nitrogens with zero attached hydrogens (tertiary/aromatic N) is 3. The highest BCUT2D eigenvalue weighted by Crippen LogP contribution is 2.36. The fraction of sp³-hybridized carbons (Fsp3) is 0.348. The van der Waals surface area contributed by atoms with Crippen molar-refractivity contribution >= 4 is 29.1 Å². The summed E-state index contributed by atoms with van der Waals surface area (Å²) in [6, 6.07) is 10.6. The summed E-state index contributed by atoms with van der Waals surface area (Å²) in [5.74, 6) is -0.0470. The van der Waals surface area contributed by atoms with Gasteiger partial charge < -0.3 is 9.73 Å². The number of rotatable bonds is 3. The molecule has 4 rings (SSSR count). The largest absolute Gasteiger partial charge is 0.463 e. The minimum atomic E-state index is -1.22. The predicted octanol–water partition coefficient (Wildman–Crippen LogP) is 4.44. The van der Waals surface area contributed by atoms with Gasteiger partial charge in [0.25, 0.3) is 5.91 Å². The molecule has 3 aromatic rings. The van der Waals surface area contributed by atoms with Crippen molar-refractivity contribution in [1.29, 1.82) is 0 Å². The zero-order valence-electron chi connectivity index (χ0n) is 18.2. The number of furan rings is 1. The Balaban J connectivity index is 1.86. The first-order valence-electron chi connectivity index (χ1n) is 10.0. The Hall–Kier alpha value is -3.06. The summed E-state index contributed by atoms with van der Waals surface area (Å²) in [6.07, 6.45) is 1.55. The molecule has 0 fully saturated rings. The number of anilines is 1. The van der Waals surface area contributed by atoms with Gasteiger partial charge >= 0.3 is 0 Å². The summed E-state index contributed by atoms with van der Waals surface area (Å²) in [5.41, 5.74) is 0.672. The SMILES string of the molecule is Cc1ccc(N2C(=O)c3cc(-c4ccco4)nn3CC2(C)C(=O)NC(C)(C)C)cc1Cl. The molecular formula is C23H25ClN4O3. The number of hydrogen-bond donors (Lipinski definition) is 1. The van der Waals surface area contributed by atoms with E-state index in [1.54, 1.807) is 48.2 Å². The average molecular weight is 441 g/mol. The van der Waals surface area contributed by atoms with Crippen LogP contribution in [0.3, 0.4) is 0 Å². The molecule has 1 aliphatic rings. The van der Waals surface area contributed by atoms with Gasteiger partial charge in [-0.2, -0.15) is 5.10 Å². The number of hydrogen-bond acceptors (Lipinski definition) is 4. The summed E-state index contributed by atoms with van der Waals surface area (Å²) < 4.78 is 7.02. The zero-order valence-corrected chi connectivity index (χ0v) is 18.9. The first-order chi connectivity index (χ1) is 14.5. The van der Waals surface area contributed by atoms with E-state index in [4.69, 9.17) is 16.0 Å². The van der Waals surface area contributed by atoms with E-state index in [0.29, 0.717) is 27.9 Å². The molecular weight excluding hydrogens is 416 g/mol. The molecule has 7 nitrogen and oxygen atoms in total. The second kappa shape index (κ2) is 7.27. The zero-order chi connectivity index (χ0) is 22.6. The summed E-state index contributed by atoms with van der Waals surface area (Å²) >= 11 is 6.36. The van der Waals surface area contributed by atoms with Crippen molar-refractivity contribution in [2.24, 2.45) is 0 Å². The Morgan fingerprint density at radius 2 is 2.00 bits per heavy atom. The highest BCUT2D eigenvalue weighted by atomic mass is 35.5. The first kappa shape index (κ1) is 21.2. The third-order valence-corrected chi connectivity index (χ3v) is 5.73. The van der Waals surface area contributed by atoms with Crippen LogP contribution >= 0.6 is 11.6 Å². The van der Waals surface area contributed by atoms with Crippen LogP contribution in [0.1, 0.15) is 43.7 Å². The summed E-state index contributed by atoms with van der Waals surface area (Å²) in [6.45, 7) is 9.53. The van der Waals surface area contributed by atoms with Crippen LogP contribution in [0.5, 0.6) is 0 Å². The second-order valence-corrected chi connectivity index (χ2v) is 9.51. The third kappa shape index (κ3) is 3.74. The molecule has 1 N–H and O–H groups in total. The topological polar surface area (TPSA) is 80.4 Å². The van der Waals surface area contributed by atoms with E-state index in [-0.39, 0.29) is 18.4 Å². The number of aryl methyl sites for hydroxylation is 1. The van der Waals surface area contributed by atoms with Crippen LogP contribution in [-0.2, 0) is 11.3 Å². The lowest BCUT2D eigenvalue weighted by Gasteiger charge is -2.44. The molecule has 0 radical (unpaired) electrons. The van der Waals surface area contributed by atoms with Gasteiger partial charge in [0.2, 0.25) is 5.91 Å². The molecule has 2 aromatic heterocycles. The normalized spacial score (nSPS) is 18.8. The average Bonchev–Trinajstić information content (AvgIpc) is 3.32. The first-order valence-corrected chi connectivity index (χ1v) is 10.4. The highest BCUT2D eigenvalue weighted by Gasteiger charge is 2.49. The Bertz CT molecular complexity index is 1160. The van der Waals surface area contributed by atoms with Crippen LogP contribution in [0, 0.1) is 6.92 Å². The van der Waals surface area contributed by atoms with Gasteiger partial charge in [-0.1, -0.05) is 17.7 Å². The number of carbonyl (C=O) groups excluding carboxylic acids is 2. The fourth-order valence-corrected chi connectivity index (χ4v) is 3.90. The summed E-state index contributed by atoms with van der Waals surface area (Å²) in [7, 11) is 0. The van der Waals surface area contributed by atoms with Gasteiger partial charge in [0, 0.05) is 22.3 Å². The minimum absolute atomic E-state index is 0.183. The van der Waals surface area contributed by atoms with Crippen molar-refractivity contribution in [3.8, 4) is 11.5 Å². The molecule has 1 aliphatic heterocycles. The molecule has 8 heteroatoms. The highest BCUT2D eigenvalue weighted by molar-refractivity contribution is 6.31. The van der Waals surface area contributed by atoms with E-state index in [2.05, 4.69) is 10.4 Å². The molecule has 0 saturated carbocycles. The van der Waals surface area contributed by atoms with E-state index in [0.717, 1.165) is 5.56 Å².